The molecule has 6 nitrogen and oxygen atoms in total. The standard InChI is InChI=1S/C19H23N5O/c1-13(19-23-22-14(2)25-19)24-10-6-9-16(12-24)18-20-11-17(21-18)15-7-4-3-5-8-15/h3-5,7-8,11,13,16H,6,9-10,12H2,1-2H3,(H,20,21)/t13-,16-/m0/s1. The maximum atomic E-state index is 5.61. The normalized spacial score (nSPS) is 19.8. The van der Waals surface area contributed by atoms with E-state index in [1.165, 1.54) is 5.56 Å². The van der Waals surface area contributed by atoms with Crippen molar-refractivity contribution in [1.82, 2.24) is 25.1 Å². The van der Waals surface area contributed by atoms with Gasteiger partial charge in [0.25, 0.3) is 0 Å². The molecule has 1 aromatic carbocycles. The maximum Gasteiger partial charge on any atom is 0.233 e. The summed E-state index contributed by atoms with van der Waals surface area (Å²) in [5, 5.41) is 8.14. The summed E-state index contributed by atoms with van der Waals surface area (Å²) in [7, 11) is 0. The summed E-state index contributed by atoms with van der Waals surface area (Å²) in [5.74, 6) is 2.78. The van der Waals surface area contributed by atoms with Crippen LogP contribution >= 0.6 is 0 Å². The summed E-state index contributed by atoms with van der Waals surface area (Å²) in [6, 6.07) is 10.5. The van der Waals surface area contributed by atoms with Crippen molar-refractivity contribution in [2.75, 3.05) is 13.1 Å². The highest BCUT2D eigenvalue weighted by molar-refractivity contribution is 5.58. The van der Waals surface area contributed by atoms with E-state index in [4.69, 9.17) is 4.42 Å². The number of likely N-dealkylation sites (tertiary alicyclic amines) is 1. The first-order valence-electron chi connectivity index (χ1n) is 8.85. The molecule has 25 heavy (non-hydrogen) atoms. The zero-order valence-corrected chi connectivity index (χ0v) is 14.6. The van der Waals surface area contributed by atoms with Crippen LogP contribution in [0.25, 0.3) is 11.3 Å². The number of piperidine rings is 1. The Bertz CT molecular complexity index is 825. The van der Waals surface area contributed by atoms with Gasteiger partial charge in [-0.15, -0.1) is 10.2 Å². The molecule has 0 saturated carbocycles. The molecule has 4 rings (SSSR count). The van der Waals surface area contributed by atoms with Crippen molar-refractivity contribution in [2.45, 2.75) is 38.6 Å². The van der Waals surface area contributed by atoms with Gasteiger partial charge in [0.2, 0.25) is 11.8 Å². The molecule has 0 unspecified atom stereocenters. The van der Waals surface area contributed by atoms with Crippen LogP contribution in [0.2, 0.25) is 0 Å². The number of hydrogen-bond acceptors (Lipinski definition) is 5. The third kappa shape index (κ3) is 3.35. The van der Waals surface area contributed by atoms with Gasteiger partial charge in [0, 0.05) is 19.4 Å². The van der Waals surface area contributed by atoms with Crippen LogP contribution in [-0.2, 0) is 0 Å². The van der Waals surface area contributed by atoms with E-state index in [0.29, 0.717) is 17.7 Å². The molecular weight excluding hydrogens is 314 g/mol. The third-order valence-electron chi connectivity index (χ3n) is 4.97. The third-order valence-corrected chi connectivity index (χ3v) is 4.97. The van der Waals surface area contributed by atoms with Gasteiger partial charge in [0.15, 0.2) is 0 Å². The summed E-state index contributed by atoms with van der Waals surface area (Å²) in [6.45, 7) is 5.96. The van der Waals surface area contributed by atoms with Gasteiger partial charge in [-0.05, 0) is 31.9 Å². The van der Waals surface area contributed by atoms with E-state index >= 15 is 0 Å². The molecule has 1 fully saturated rings. The minimum Gasteiger partial charge on any atom is -0.424 e. The fourth-order valence-electron chi connectivity index (χ4n) is 3.53. The van der Waals surface area contributed by atoms with E-state index < -0.39 is 0 Å². The Morgan fingerprint density at radius 1 is 1.24 bits per heavy atom. The summed E-state index contributed by atoms with van der Waals surface area (Å²) in [6.07, 6.45) is 4.23. The Hall–Kier alpha value is -2.47. The van der Waals surface area contributed by atoms with Crippen molar-refractivity contribution >= 4 is 0 Å². The molecule has 1 aliphatic rings. The Morgan fingerprint density at radius 3 is 2.84 bits per heavy atom. The lowest BCUT2D eigenvalue weighted by atomic mass is 9.96. The topological polar surface area (TPSA) is 70.8 Å². The molecule has 130 valence electrons. The van der Waals surface area contributed by atoms with Gasteiger partial charge >= 0.3 is 0 Å². The van der Waals surface area contributed by atoms with Crippen LogP contribution in [0.1, 0.15) is 49.3 Å². The maximum absolute atomic E-state index is 5.61. The fourth-order valence-corrected chi connectivity index (χ4v) is 3.53. The molecule has 2 aromatic heterocycles. The van der Waals surface area contributed by atoms with Gasteiger partial charge in [0.1, 0.15) is 5.82 Å². The molecular formula is C19H23N5O. The second-order valence-corrected chi connectivity index (χ2v) is 6.72. The molecule has 6 heteroatoms. The van der Waals surface area contributed by atoms with Crippen LogP contribution < -0.4 is 0 Å². The highest BCUT2D eigenvalue weighted by atomic mass is 16.4. The summed E-state index contributed by atoms with van der Waals surface area (Å²) >= 11 is 0. The van der Waals surface area contributed by atoms with E-state index in [1.807, 2.05) is 31.3 Å². The quantitative estimate of drug-likeness (QED) is 0.786. The van der Waals surface area contributed by atoms with Crippen molar-refractivity contribution in [3.8, 4) is 11.3 Å². The zero-order valence-electron chi connectivity index (χ0n) is 14.6. The number of aryl methyl sites for hydroxylation is 1. The summed E-state index contributed by atoms with van der Waals surface area (Å²) in [5.41, 5.74) is 2.25. The van der Waals surface area contributed by atoms with E-state index in [9.17, 15) is 0 Å². The lowest BCUT2D eigenvalue weighted by Gasteiger charge is -2.34. The van der Waals surface area contributed by atoms with Crippen molar-refractivity contribution in [2.24, 2.45) is 0 Å². The molecule has 2 atom stereocenters. The van der Waals surface area contributed by atoms with Gasteiger partial charge in [-0.1, -0.05) is 30.3 Å². The Balaban J connectivity index is 1.49. The average molecular weight is 337 g/mol. The molecule has 0 radical (unpaired) electrons. The van der Waals surface area contributed by atoms with Crippen LogP contribution in [0.4, 0.5) is 0 Å². The van der Waals surface area contributed by atoms with Gasteiger partial charge < -0.3 is 9.40 Å². The monoisotopic (exact) mass is 337 g/mol. The number of rotatable bonds is 4. The minimum absolute atomic E-state index is 0.132. The Kier molecular flexibility index (Phi) is 4.36. The predicted molar refractivity (Wildman–Crippen MR) is 95.0 cm³/mol. The SMILES string of the molecule is Cc1nnc([C@H](C)N2CCC[C@H](c3ncc(-c4ccccc4)[nH]3)C2)o1. The predicted octanol–water partition coefficient (Wildman–Crippen LogP) is 3.71. The lowest BCUT2D eigenvalue weighted by molar-refractivity contribution is 0.136. The molecule has 0 amide bonds. The largest absolute Gasteiger partial charge is 0.424 e. The number of aromatic amines is 1. The molecule has 1 saturated heterocycles. The van der Waals surface area contributed by atoms with E-state index in [-0.39, 0.29) is 6.04 Å². The van der Waals surface area contributed by atoms with Crippen LogP contribution in [0, 0.1) is 6.92 Å². The molecule has 3 aromatic rings. The fraction of sp³-hybridized carbons (Fsp3) is 0.421. The molecule has 0 spiro atoms. The molecule has 3 heterocycles. The van der Waals surface area contributed by atoms with E-state index in [0.717, 1.165) is 37.4 Å². The second-order valence-electron chi connectivity index (χ2n) is 6.72. The smallest absolute Gasteiger partial charge is 0.233 e. The highest BCUT2D eigenvalue weighted by Crippen LogP contribution is 2.31. The number of benzene rings is 1. The van der Waals surface area contributed by atoms with Crippen molar-refractivity contribution < 1.29 is 4.42 Å². The number of nitrogens with zero attached hydrogens (tertiary/aromatic N) is 4. The lowest BCUT2D eigenvalue weighted by Crippen LogP contribution is -2.36. The highest BCUT2D eigenvalue weighted by Gasteiger charge is 2.29. The number of hydrogen-bond donors (Lipinski definition) is 1. The van der Waals surface area contributed by atoms with Crippen LogP contribution in [0.3, 0.4) is 0 Å². The van der Waals surface area contributed by atoms with Gasteiger partial charge in [-0.2, -0.15) is 0 Å². The average Bonchev–Trinajstić information content (AvgIpc) is 3.31. The first kappa shape index (κ1) is 16.0. The number of aromatic nitrogens is 4. The van der Waals surface area contributed by atoms with Crippen molar-refractivity contribution in [3.05, 3.63) is 54.1 Å². The number of H-pyrrole nitrogens is 1. The van der Waals surface area contributed by atoms with Crippen molar-refractivity contribution in [3.63, 3.8) is 0 Å². The first-order valence-corrected chi connectivity index (χ1v) is 8.85. The van der Waals surface area contributed by atoms with Crippen molar-refractivity contribution in [1.29, 1.82) is 0 Å². The van der Waals surface area contributed by atoms with E-state index in [1.54, 1.807) is 0 Å². The summed E-state index contributed by atoms with van der Waals surface area (Å²) < 4.78 is 5.61. The second kappa shape index (κ2) is 6.80. The minimum atomic E-state index is 0.132. The molecule has 1 N–H and O–H groups in total. The van der Waals surface area contributed by atoms with Crippen LogP contribution in [0.15, 0.2) is 40.9 Å². The molecule has 0 bridgehead atoms. The van der Waals surface area contributed by atoms with Gasteiger partial charge in [-0.25, -0.2) is 4.98 Å². The number of imidazole rings is 1. The van der Waals surface area contributed by atoms with Gasteiger partial charge in [0.05, 0.1) is 17.9 Å². The zero-order chi connectivity index (χ0) is 17.2. The molecule has 0 aliphatic carbocycles. The summed E-state index contributed by atoms with van der Waals surface area (Å²) in [4.78, 5) is 10.6. The van der Waals surface area contributed by atoms with Crippen LogP contribution in [-0.4, -0.2) is 38.2 Å². The van der Waals surface area contributed by atoms with E-state index in [2.05, 4.69) is 44.1 Å². The van der Waals surface area contributed by atoms with Gasteiger partial charge in [-0.3, -0.25) is 4.90 Å². The Morgan fingerprint density at radius 2 is 2.08 bits per heavy atom. The molecule has 1 aliphatic heterocycles. The first-order chi connectivity index (χ1) is 12.2. The number of nitrogens with one attached hydrogen (secondary N) is 1. The van der Waals surface area contributed by atoms with Crippen LogP contribution in [0.5, 0.6) is 0 Å². The Labute approximate surface area is 147 Å².